The summed E-state index contributed by atoms with van der Waals surface area (Å²) in [6.07, 6.45) is 3.43. The first kappa shape index (κ1) is 13.1. The Labute approximate surface area is 114 Å². The summed E-state index contributed by atoms with van der Waals surface area (Å²) in [6, 6.07) is 1.79. The van der Waals surface area contributed by atoms with E-state index in [0.717, 1.165) is 17.3 Å². The Morgan fingerprint density at radius 3 is 2.78 bits per heavy atom. The van der Waals surface area contributed by atoms with Gasteiger partial charge in [0.15, 0.2) is 0 Å². The molecule has 0 aromatic carbocycles. The van der Waals surface area contributed by atoms with Crippen molar-refractivity contribution in [2.24, 2.45) is 18.7 Å². The first-order valence-corrected chi connectivity index (χ1v) is 6.69. The van der Waals surface area contributed by atoms with Gasteiger partial charge in [0.2, 0.25) is 5.91 Å². The molecule has 0 spiro atoms. The van der Waals surface area contributed by atoms with Crippen molar-refractivity contribution >= 4 is 27.7 Å². The van der Waals surface area contributed by atoms with E-state index < -0.39 is 0 Å². The van der Waals surface area contributed by atoms with E-state index in [2.05, 4.69) is 15.9 Å². The molecule has 0 radical (unpaired) electrons. The number of rotatable bonds is 2. The average molecular weight is 314 g/mol. The molecule has 1 fully saturated rings. The van der Waals surface area contributed by atoms with Crippen molar-refractivity contribution in [2.45, 2.75) is 12.8 Å². The number of hydrogen-bond donors (Lipinski definition) is 1. The smallest absolute Gasteiger partial charge is 0.270 e. The summed E-state index contributed by atoms with van der Waals surface area (Å²) in [5.74, 6) is -0.582. The number of primary amides is 1. The third-order valence-electron chi connectivity index (χ3n) is 3.30. The predicted octanol–water partition coefficient (Wildman–Crippen LogP) is 1.13. The first-order chi connectivity index (χ1) is 8.49. The molecule has 0 aliphatic carbocycles. The third-order valence-corrected chi connectivity index (χ3v) is 3.74. The fourth-order valence-electron chi connectivity index (χ4n) is 2.29. The number of halogens is 1. The van der Waals surface area contributed by atoms with Crippen molar-refractivity contribution in [1.82, 2.24) is 9.47 Å². The van der Waals surface area contributed by atoms with Crippen LogP contribution in [0.4, 0.5) is 0 Å². The van der Waals surface area contributed by atoms with E-state index in [4.69, 9.17) is 5.73 Å². The van der Waals surface area contributed by atoms with E-state index in [1.54, 1.807) is 15.5 Å². The molecule has 1 aliphatic rings. The zero-order chi connectivity index (χ0) is 13.3. The van der Waals surface area contributed by atoms with Crippen LogP contribution in [0.15, 0.2) is 16.7 Å². The van der Waals surface area contributed by atoms with Crippen molar-refractivity contribution in [3.05, 3.63) is 22.4 Å². The van der Waals surface area contributed by atoms with Gasteiger partial charge in [0.05, 0.1) is 5.92 Å². The van der Waals surface area contributed by atoms with Crippen LogP contribution in [0, 0.1) is 5.92 Å². The molecule has 2 amide bonds. The molecule has 18 heavy (non-hydrogen) atoms. The monoisotopic (exact) mass is 313 g/mol. The van der Waals surface area contributed by atoms with Crippen LogP contribution >= 0.6 is 15.9 Å². The molecule has 0 saturated carbocycles. The van der Waals surface area contributed by atoms with E-state index in [-0.39, 0.29) is 17.7 Å². The molecule has 2 heterocycles. The van der Waals surface area contributed by atoms with Crippen molar-refractivity contribution in [3.63, 3.8) is 0 Å². The molecule has 2 rings (SSSR count). The zero-order valence-corrected chi connectivity index (χ0v) is 11.8. The molecular formula is C12H16BrN3O2. The Balaban J connectivity index is 2.14. The summed E-state index contributed by atoms with van der Waals surface area (Å²) in [6.45, 7) is 1.11. The van der Waals surface area contributed by atoms with E-state index in [9.17, 15) is 9.59 Å². The number of likely N-dealkylation sites (tertiary alicyclic amines) is 1. The number of nitrogens with two attached hydrogens (primary N) is 1. The van der Waals surface area contributed by atoms with Crippen LogP contribution in [0.2, 0.25) is 0 Å². The summed E-state index contributed by atoms with van der Waals surface area (Å²) in [5.41, 5.74) is 5.93. The van der Waals surface area contributed by atoms with Crippen molar-refractivity contribution in [3.8, 4) is 0 Å². The molecule has 98 valence electrons. The van der Waals surface area contributed by atoms with E-state index in [1.807, 2.05) is 13.2 Å². The van der Waals surface area contributed by atoms with Gasteiger partial charge in [0.1, 0.15) is 5.69 Å². The Morgan fingerprint density at radius 1 is 1.50 bits per heavy atom. The zero-order valence-electron chi connectivity index (χ0n) is 10.2. The quantitative estimate of drug-likeness (QED) is 0.889. The number of carbonyl (C=O) groups is 2. The maximum absolute atomic E-state index is 12.3. The second-order valence-corrected chi connectivity index (χ2v) is 5.56. The maximum atomic E-state index is 12.3. The van der Waals surface area contributed by atoms with Crippen LogP contribution < -0.4 is 5.73 Å². The predicted molar refractivity (Wildman–Crippen MR) is 70.9 cm³/mol. The van der Waals surface area contributed by atoms with E-state index in [0.29, 0.717) is 18.8 Å². The van der Waals surface area contributed by atoms with E-state index in [1.165, 1.54) is 0 Å². The second kappa shape index (κ2) is 5.14. The number of nitrogens with zero attached hydrogens (tertiary/aromatic N) is 2. The van der Waals surface area contributed by atoms with E-state index >= 15 is 0 Å². The van der Waals surface area contributed by atoms with Gasteiger partial charge in [-0.15, -0.1) is 0 Å². The number of hydrogen-bond acceptors (Lipinski definition) is 2. The third kappa shape index (κ3) is 2.58. The molecule has 2 N–H and O–H groups in total. The van der Waals surface area contributed by atoms with Crippen LogP contribution in [-0.2, 0) is 11.8 Å². The Hall–Kier alpha value is -1.30. The Kier molecular flexibility index (Phi) is 3.75. The SMILES string of the molecule is Cn1cc(Br)cc1C(=O)N1CCCC(C(N)=O)C1. The van der Waals surface area contributed by atoms with Crippen molar-refractivity contribution < 1.29 is 9.59 Å². The van der Waals surface area contributed by atoms with Gasteiger partial charge >= 0.3 is 0 Å². The normalized spacial score (nSPS) is 19.9. The van der Waals surface area contributed by atoms with Gasteiger partial charge in [-0.1, -0.05) is 0 Å². The lowest BCUT2D eigenvalue weighted by Gasteiger charge is -2.31. The molecule has 1 aromatic rings. The van der Waals surface area contributed by atoms with Gasteiger partial charge in [-0.3, -0.25) is 9.59 Å². The van der Waals surface area contributed by atoms with Crippen molar-refractivity contribution in [1.29, 1.82) is 0 Å². The highest BCUT2D eigenvalue weighted by Crippen LogP contribution is 2.20. The highest BCUT2D eigenvalue weighted by Gasteiger charge is 2.28. The fourth-order valence-corrected chi connectivity index (χ4v) is 2.82. The number of carbonyl (C=O) groups excluding carboxylic acids is 2. The topological polar surface area (TPSA) is 68.3 Å². The van der Waals surface area contributed by atoms with Gasteiger partial charge in [0.25, 0.3) is 5.91 Å². The minimum absolute atomic E-state index is 0.0471. The average Bonchev–Trinajstić information content (AvgIpc) is 2.67. The highest BCUT2D eigenvalue weighted by molar-refractivity contribution is 9.10. The van der Waals surface area contributed by atoms with Gasteiger partial charge in [0, 0.05) is 30.8 Å². The van der Waals surface area contributed by atoms with Gasteiger partial charge < -0.3 is 15.2 Å². The fraction of sp³-hybridized carbons (Fsp3) is 0.500. The van der Waals surface area contributed by atoms with Crippen LogP contribution in [0.3, 0.4) is 0 Å². The molecule has 1 unspecified atom stereocenters. The van der Waals surface area contributed by atoms with Crippen LogP contribution in [0.1, 0.15) is 23.3 Å². The minimum Gasteiger partial charge on any atom is -0.369 e. The second-order valence-electron chi connectivity index (χ2n) is 4.65. The van der Waals surface area contributed by atoms with Crippen molar-refractivity contribution in [2.75, 3.05) is 13.1 Å². The summed E-state index contributed by atoms with van der Waals surface area (Å²) in [4.78, 5) is 25.2. The standard InChI is InChI=1S/C12H16BrN3O2/c1-15-7-9(13)5-10(15)12(18)16-4-2-3-8(6-16)11(14)17/h5,7-8H,2-4,6H2,1H3,(H2,14,17). The number of amides is 2. The van der Waals surface area contributed by atoms with Crippen LogP contribution in [0.25, 0.3) is 0 Å². The summed E-state index contributed by atoms with van der Waals surface area (Å²) in [5, 5.41) is 0. The molecule has 1 atom stereocenters. The summed E-state index contributed by atoms with van der Waals surface area (Å²) < 4.78 is 2.65. The van der Waals surface area contributed by atoms with Gasteiger partial charge in [-0.05, 0) is 34.8 Å². The Bertz CT molecular complexity index is 484. The molecule has 1 saturated heterocycles. The number of aryl methyl sites for hydroxylation is 1. The first-order valence-electron chi connectivity index (χ1n) is 5.89. The lowest BCUT2D eigenvalue weighted by Crippen LogP contribution is -2.44. The molecule has 1 aromatic heterocycles. The number of aromatic nitrogens is 1. The van der Waals surface area contributed by atoms with Crippen LogP contribution in [-0.4, -0.2) is 34.4 Å². The Morgan fingerprint density at radius 2 is 2.22 bits per heavy atom. The molecule has 6 heteroatoms. The maximum Gasteiger partial charge on any atom is 0.270 e. The highest BCUT2D eigenvalue weighted by atomic mass is 79.9. The molecule has 0 bridgehead atoms. The van der Waals surface area contributed by atoms with Gasteiger partial charge in [-0.2, -0.15) is 0 Å². The minimum atomic E-state index is -0.319. The van der Waals surface area contributed by atoms with Crippen LogP contribution in [0.5, 0.6) is 0 Å². The summed E-state index contributed by atoms with van der Waals surface area (Å²) >= 11 is 3.34. The number of piperidine rings is 1. The molecular weight excluding hydrogens is 298 g/mol. The largest absolute Gasteiger partial charge is 0.369 e. The molecule has 5 nitrogen and oxygen atoms in total. The lowest BCUT2D eigenvalue weighted by molar-refractivity contribution is -0.123. The van der Waals surface area contributed by atoms with Gasteiger partial charge in [-0.25, -0.2) is 0 Å². The molecule has 1 aliphatic heterocycles. The lowest BCUT2D eigenvalue weighted by atomic mass is 9.97. The summed E-state index contributed by atoms with van der Waals surface area (Å²) in [7, 11) is 1.83.